The van der Waals surface area contributed by atoms with E-state index < -0.39 is 0 Å². The van der Waals surface area contributed by atoms with Crippen molar-refractivity contribution in [3.8, 4) is 0 Å². The highest BCUT2D eigenvalue weighted by Crippen LogP contribution is 2.43. The number of fused-ring (bicyclic) bond motifs is 1. The number of hydrogen-bond donors (Lipinski definition) is 1. The van der Waals surface area contributed by atoms with Crippen molar-refractivity contribution in [2.45, 2.75) is 25.4 Å². The molecule has 0 bridgehead atoms. The van der Waals surface area contributed by atoms with Gasteiger partial charge in [0.05, 0.1) is 6.61 Å². The minimum Gasteiger partial charge on any atom is -0.460 e. The van der Waals surface area contributed by atoms with Gasteiger partial charge in [-0.05, 0) is 31.0 Å². The summed E-state index contributed by atoms with van der Waals surface area (Å²) >= 11 is 5.95. The molecule has 0 amide bonds. The fourth-order valence-electron chi connectivity index (χ4n) is 1.89. The van der Waals surface area contributed by atoms with Crippen LogP contribution in [0.1, 0.15) is 30.1 Å². The first-order valence-corrected chi connectivity index (χ1v) is 5.48. The highest BCUT2D eigenvalue weighted by atomic mass is 35.5. The van der Waals surface area contributed by atoms with Crippen LogP contribution in [0.3, 0.4) is 0 Å². The van der Waals surface area contributed by atoms with Crippen LogP contribution in [0.4, 0.5) is 0 Å². The van der Waals surface area contributed by atoms with E-state index in [9.17, 15) is 5.11 Å². The van der Waals surface area contributed by atoms with Gasteiger partial charge >= 0.3 is 0 Å². The van der Waals surface area contributed by atoms with Gasteiger partial charge in [0.2, 0.25) is 0 Å². The van der Waals surface area contributed by atoms with Gasteiger partial charge in [-0.25, -0.2) is 0 Å². The molecule has 3 heteroatoms. The van der Waals surface area contributed by atoms with E-state index in [-0.39, 0.29) is 6.61 Å². The van der Waals surface area contributed by atoms with Crippen molar-refractivity contribution in [3.05, 3.63) is 34.5 Å². The maximum absolute atomic E-state index is 9.20. The van der Waals surface area contributed by atoms with Crippen LogP contribution in [0.25, 0.3) is 11.0 Å². The molecule has 0 spiro atoms. The second-order valence-electron chi connectivity index (χ2n) is 4.06. The molecule has 0 radical (unpaired) electrons. The molecule has 1 saturated carbocycles. The first kappa shape index (κ1) is 9.25. The molecular weight excluding hydrogens is 212 g/mol. The predicted octanol–water partition coefficient (Wildman–Crippen LogP) is 3.46. The fraction of sp³-hybridized carbons (Fsp3) is 0.333. The van der Waals surface area contributed by atoms with Crippen LogP contribution in [0.5, 0.6) is 0 Å². The zero-order valence-corrected chi connectivity index (χ0v) is 8.92. The Morgan fingerprint density at radius 2 is 2.13 bits per heavy atom. The summed E-state index contributed by atoms with van der Waals surface area (Å²) in [6, 6.07) is 5.67. The zero-order chi connectivity index (χ0) is 10.4. The molecule has 0 unspecified atom stereocenters. The lowest BCUT2D eigenvalue weighted by atomic mass is 10.1. The van der Waals surface area contributed by atoms with Crippen LogP contribution in [0.2, 0.25) is 5.02 Å². The maximum atomic E-state index is 9.20. The maximum Gasteiger partial charge on any atom is 0.139 e. The molecule has 0 saturated heterocycles. The van der Waals surface area contributed by atoms with Crippen molar-refractivity contribution in [2.75, 3.05) is 0 Å². The van der Waals surface area contributed by atoms with Gasteiger partial charge < -0.3 is 9.52 Å². The Hall–Kier alpha value is -0.990. The van der Waals surface area contributed by atoms with Gasteiger partial charge in [-0.15, -0.1) is 0 Å². The average Bonchev–Trinajstić information content (AvgIpc) is 2.98. The quantitative estimate of drug-likeness (QED) is 0.844. The molecule has 1 heterocycles. The number of hydrogen-bond acceptors (Lipinski definition) is 2. The number of furan rings is 1. The Bertz CT molecular complexity index is 512. The van der Waals surface area contributed by atoms with Crippen LogP contribution in [-0.4, -0.2) is 5.11 Å². The van der Waals surface area contributed by atoms with Crippen molar-refractivity contribution < 1.29 is 9.52 Å². The molecule has 1 aromatic carbocycles. The van der Waals surface area contributed by atoms with Crippen LogP contribution in [-0.2, 0) is 6.61 Å². The lowest BCUT2D eigenvalue weighted by Crippen LogP contribution is -1.83. The van der Waals surface area contributed by atoms with Crippen LogP contribution < -0.4 is 0 Å². The van der Waals surface area contributed by atoms with Crippen molar-refractivity contribution in [1.29, 1.82) is 0 Å². The molecule has 15 heavy (non-hydrogen) atoms. The minimum absolute atomic E-state index is 0.0331. The first-order chi connectivity index (χ1) is 7.28. The van der Waals surface area contributed by atoms with E-state index in [2.05, 4.69) is 0 Å². The van der Waals surface area contributed by atoms with E-state index in [0.717, 1.165) is 22.3 Å². The van der Waals surface area contributed by atoms with Gasteiger partial charge in [-0.1, -0.05) is 11.6 Å². The van der Waals surface area contributed by atoms with Gasteiger partial charge in [0, 0.05) is 21.9 Å². The molecule has 0 aliphatic heterocycles. The summed E-state index contributed by atoms with van der Waals surface area (Å²) in [4.78, 5) is 0. The molecule has 2 nitrogen and oxygen atoms in total. The Kier molecular flexibility index (Phi) is 2.01. The first-order valence-electron chi connectivity index (χ1n) is 5.10. The van der Waals surface area contributed by atoms with Crippen LogP contribution in [0.15, 0.2) is 22.6 Å². The molecule has 1 N–H and O–H groups in total. The second-order valence-corrected chi connectivity index (χ2v) is 4.50. The van der Waals surface area contributed by atoms with E-state index in [1.807, 2.05) is 12.1 Å². The molecule has 1 aliphatic rings. The van der Waals surface area contributed by atoms with E-state index >= 15 is 0 Å². The van der Waals surface area contributed by atoms with E-state index in [1.54, 1.807) is 6.07 Å². The summed E-state index contributed by atoms with van der Waals surface area (Å²) in [5.74, 6) is 1.62. The lowest BCUT2D eigenvalue weighted by Gasteiger charge is -1.98. The third-order valence-corrected chi connectivity index (χ3v) is 3.05. The number of aliphatic hydroxyl groups is 1. The molecular formula is C12H11ClO2. The Balaban J connectivity index is 2.23. The van der Waals surface area contributed by atoms with Gasteiger partial charge in [0.25, 0.3) is 0 Å². The normalized spacial score (nSPS) is 16.1. The Labute approximate surface area is 92.5 Å². The SMILES string of the molecule is OCc1cc(Cl)cc2cc(C3CC3)oc12. The summed E-state index contributed by atoms with van der Waals surface area (Å²) in [5.41, 5.74) is 1.55. The third-order valence-electron chi connectivity index (χ3n) is 2.83. The van der Waals surface area contributed by atoms with Crippen LogP contribution in [0, 0.1) is 0 Å². The molecule has 1 aliphatic carbocycles. The summed E-state index contributed by atoms with van der Waals surface area (Å²) in [7, 11) is 0. The van der Waals surface area contributed by atoms with Gasteiger partial charge in [-0.2, -0.15) is 0 Å². The van der Waals surface area contributed by atoms with E-state index in [0.29, 0.717) is 10.9 Å². The molecule has 3 rings (SSSR count). The highest BCUT2D eigenvalue weighted by molar-refractivity contribution is 6.31. The van der Waals surface area contributed by atoms with Gasteiger partial charge in [0.15, 0.2) is 0 Å². The zero-order valence-electron chi connectivity index (χ0n) is 8.16. The smallest absolute Gasteiger partial charge is 0.139 e. The van der Waals surface area contributed by atoms with E-state index in [4.69, 9.17) is 16.0 Å². The number of aliphatic hydroxyl groups excluding tert-OH is 1. The predicted molar refractivity (Wildman–Crippen MR) is 59.1 cm³/mol. The summed E-state index contributed by atoms with van der Waals surface area (Å²) in [5, 5.41) is 10.8. The average molecular weight is 223 g/mol. The Morgan fingerprint density at radius 1 is 1.33 bits per heavy atom. The molecule has 1 fully saturated rings. The third kappa shape index (κ3) is 1.54. The highest BCUT2D eigenvalue weighted by Gasteiger charge is 2.27. The van der Waals surface area contributed by atoms with Crippen molar-refractivity contribution in [2.24, 2.45) is 0 Å². The molecule has 78 valence electrons. The molecule has 1 aromatic heterocycles. The molecule has 0 atom stereocenters. The largest absolute Gasteiger partial charge is 0.460 e. The van der Waals surface area contributed by atoms with Crippen molar-refractivity contribution in [1.82, 2.24) is 0 Å². The molecule has 2 aromatic rings. The Morgan fingerprint density at radius 3 is 2.80 bits per heavy atom. The van der Waals surface area contributed by atoms with E-state index in [1.165, 1.54) is 12.8 Å². The number of benzene rings is 1. The summed E-state index contributed by atoms with van der Waals surface area (Å²) in [6.45, 7) is -0.0331. The van der Waals surface area contributed by atoms with Crippen molar-refractivity contribution >= 4 is 22.6 Å². The lowest BCUT2D eigenvalue weighted by molar-refractivity contribution is 0.281. The second kappa shape index (κ2) is 3.26. The minimum atomic E-state index is -0.0331. The number of halogens is 1. The van der Waals surface area contributed by atoms with Crippen molar-refractivity contribution in [3.63, 3.8) is 0 Å². The topological polar surface area (TPSA) is 33.4 Å². The fourth-order valence-corrected chi connectivity index (χ4v) is 2.14. The number of rotatable bonds is 2. The summed E-state index contributed by atoms with van der Waals surface area (Å²) < 4.78 is 5.75. The monoisotopic (exact) mass is 222 g/mol. The van der Waals surface area contributed by atoms with Gasteiger partial charge in [-0.3, -0.25) is 0 Å². The van der Waals surface area contributed by atoms with Crippen LogP contribution >= 0.6 is 11.6 Å². The standard InChI is InChI=1S/C12H11ClO2/c13-10-3-8-5-11(7-1-2-7)15-12(8)9(4-10)6-14/h3-5,7,14H,1-2,6H2. The summed E-state index contributed by atoms with van der Waals surface area (Å²) in [6.07, 6.45) is 2.42. The van der Waals surface area contributed by atoms with Gasteiger partial charge in [0.1, 0.15) is 11.3 Å².